The summed E-state index contributed by atoms with van der Waals surface area (Å²) in [5.41, 5.74) is 9.84. The molecular formula is C17H22N2. The van der Waals surface area contributed by atoms with Crippen molar-refractivity contribution in [1.29, 1.82) is 0 Å². The highest BCUT2D eigenvalue weighted by Crippen LogP contribution is 2.24. The monoisotopic (exact) mass is 254 g/mol. The molecule has 0 unspecified atom stereocenters. The Morgan fingerprint density at radius 2 is 1.63 bits per heavy atom. The number of hydrogen-bond donors (Lipinski definition) is 1. The van der Waals surface area contributed by atoms with E-state index in [0.717, 1.165) is 13.0 Å². The predicted molar refractivity (Wildman–Crippen MR) is 82.5 cm³/mol. The minimum atomic E-state index is 0.0652. The van der Waals surface area contributed by atoms with E-state index in [1.165, 1.54) is 16.8 Å². The van der Waals surface area contributed by atoms with E-state index in [0.29, 0.717) is 0 Å². The van der Waals surface area contributed by atoms with Gasteiger partial charge < -0.3 is 10.6 Å². The summed E-state index contributed by atoms with van der Waals surface area (Å²) < 4.78 is 0. The molecule has 2 rings (SSSR count). The molecule has 2 heteroatoms. The fourth-order valence-corrected chi connectivity index (χ4v) is 2.28. The number of para-hydroxylation sites is 1. The largest absolute Gasteiger partial charge is 0.374 e. The molecule has 2 N–H and O–H groups in total. The lowest BCUT2D eigenvalue weighted by Gasteiger charge is -2.24. The minimum Gasteiger partial charge on any atom is -0.374 e. The Labute approximate surface area is 115 Å². The Morgan fingerprint density at radius 1 is 1.00 bits per heavy atom. The van der Waals surface area contributed by atoms with Crippen LogP contribution in [0.3, 0.4) is 0 Å². The van der Waals surface area contributed by atoms with E-state index in [1.807, 2.05) is 13.0 Å². The van der Waals surface area contributed by atoms with Crippen molar-refractivity contribution in [2.24, 2.45) is 5.73 Å². The zero-order chi connectivity index (χ0) is 13.7. The van der Waals surface area contributed by atoms with Crippen LogP contribution < -0.4 is 10.6 Å². The first-order chi connectivity index (χ1) is 9.18. The molecule has 2 aromatic carbocycles. The van der Waals surface area contributed by atoms with Gasteiger partial charge in [0.05, 0.1) is 0 Å². The predicted octanol–water partition coefficient (Wildman–Crippen LogP) is 3.39. The van der Waals surface area contributed by atoms with Crippen LogP contribution in [-0.4, -0.2) is 13.6 Å². The third-order valence-electron chi connectivity index (χ3n) is 3.42. The number of likely N-dealkylation sites (N-methyl/N-ethyl adjacent to an activating group) is 1. The minimum absolute atomic E-state index is 0.0652. The van der Waals surface area contributed by atoms with E-state index in [1.54, 1.807) is 0 Å². The van der Waals surface area contributed by atoms with Crippen molar-refractivity contribution >= 4 is 5.69 Å². The van der Waals surface area contributed by atoms with Gasteiger partial charge in [-0.1, -0.05) is 48.5 Å². The number of hydrogen-bond acceptors (Lipinski definition) is 2. The molecule has 0 aliphatic carbocycles. The Balaban J connectivity index is 2.06. The van der Waals surface area contributed by atoms with Crippen molar-refractivity contribution in [1.82, 2.24) is 0 Å². The third kappa shape index (κ3) is 3.58. The van der Waals surface area contributed by atoms with E-state index >= 15 is 0 Å². The number of nitrogens with two attached hydrogens (primary N) is 1. The smallest absolute Gasteiger partial charge is 0.0412 e. The summed E-state index contributed by atoms with van der Waals surface area (Å²) in [6, 6.07) is 19.0. The van der Waals surface area contributed by atoms with Gasteiger partial charge in [0.25, 0.3) is 0 Å². The molecule has 0 heterocycles. The Kier molecular flexibility index (Phi) is 4.58. The summed E-state index contributed by atoms with van der Waals surface area (Å²) in [4.78, 5) is 2.28. The average Bonchev–Trinajstić information content (AvgIpc) is 2.46. The van der Waals surface area contributed by atoms with Crippen molar-refractivity contribution < 1.29 is 0 Å². The molecule has 2 aromatic rings. The standard InChI is InChI=1S/C17H22N2/c1-14(18)16-10-6-7-11-17(16)19(2)13-12-15-8-4-3-5-9-15/h3-11,14H,12-13,18H2,1-2H3/t14-/m1/s1. The summed E-state index contributed by atoms with van der Waals surface area (Å²) in [6.07, 6.45) is 1.05. The van der Waals surface area contributed by atoms with Crippen LogP contribution >= 0.6 is 0 Å². The first kappa shape index (κ1) is 13.6. The quantitative estimate of drug-likeness (QED) is 0.886. The Hall–Kier alpha value is -1.80. The molecule has 0 aliphatic rings. The fraction of sp³-hybridized carbons (Fsp3) is 0.294. The fourth-order valence-electron chi connectivity index (χ4n) is 2.28. The van der Waals surface area contributed by atoms with Crippen LogP contribution in [0, 0.1) is 0 Å². The van der Waals surface area contributed by atoms with Crippen LogP contribution in [0.15, 0.2) is 54.6 Å². The van der Waals surface area contributed by atoms with Crippen LogP contribution in [0.25, 0.3) is 0 Å². The van der Waals surface area contributed by atoms with Gasteiger partial charge in [0.15, 0.2) is 0 Å². The number of benzene rings is 2. The second kappa shape index (κ2) is 6.39. The molecule has 0 saturated carbocycles. The van der Waals surface area contributed by atoms with Gasteiger partial charge in [0.1, 0.15) is 0 Å². The van der Waals surface area contributed by atoms with E-state index in [4.69, 9.17) is 5.73 Å². The van der Waals surface area contributed by atoms with E-state index in [-0.39, 0.29) is 6.04 Å². The SMILES string of the molecule is C[C@@H](N)c1ccccc1N(C)CCc1ccccc1. The molecule has 100 valence electrons. The maximum absolute atomic E-state index is 6.03. The lowest BCUT2D eigenvalue weighted by molar-refractivity contribution is 0.797. The van der Waals surface area contributed by atoms with Crippen LogP contribution in [0.1, 0.15) is 24.1 Å². The maximum atomic E-state index is 6.03. The zero-order valence-corrected chi connectivity index (χ0v) is 11.7. The summed E-state index contributed by atoms with van der Waals surface area (Å²) >= 11 is 0. The maximum Gasteiger partial charge on any atom is 0.0412 e. The van der Waals surface area contributed by atoms with Crippen LogP contribution in [0.2, 0.25) is 0 Å². The van der Waals surface area contributed by atoms with E-state index < -0.39 is 0 Å². The van der Waals surface area contributed by atoms with Gasteiger partial charge in [0.2, 0.25) is 0 Å². The van der Waals surface area contributed by atoms with Gasteiger partial charge in [-0.3, -0.25) is 0 Å². The first-order valence-electron chi connectivity index (χ1n) is 6.78. The summed E-state index contributed by atoms with van der Waals surface area (Å²) in [5.74, 6) is 0. The van der Waals surface area contributed by atoms with Gasteiger partial charge in [-0.25, -0.2) is 0 Å². The second-order valence-corrected chi connectivity index (χ2v) is 5.00. The van der Waals surface area contributed by atoms with Gasteiger partial charge in [-0.15, -0.1) is 0 Å². The van der Waals surface area contributed by atoms with E-state index in [9.17, 15) is 0 Å². The van der Waals surface area contributed by atoms with Crippen LogP contribution in [-0.2, 0) is 6.42 Å². The van der Waals surface area contributed by atoms with Gasteiger partial charge >= 0.3 is 0 Å². The number of rotatable bonds is 5. The molecule has 0 saturated heterocycles. The molecule has 0 fully saturated rings. The number of nitrogens with zero attached hydrogens (tertiary/aromatic N) is 1. The average molecular weight is 254 g/mol. The molecule has 0 radical (unpaired) electrons. The number of anilines is 1. The summed E-state index contributed by atoms with van der Waals surface area (Å²) in [7, 11) is 2.13. The van der Waals surface area contributed by atoms with Crippen molar-refractivity contribution in [3.05, 3.63) is 65.7 Å². The van der Waals surface area contributed by atoms with E-state index in [2.05, 4.69) is 60.5 Å². The Bertz CT molecular complexity index is 506. The van der Waals surface area contributed by atoms with Gasteiger partial charge in [0, 0.05) is 25.3 Å². The molecular weight excluding hydrogens is 232 g/mol. The molecule has 0 bridgehead atoms. The highest BCUT2D eigenvalue weighted by Gasteiger charge is 2.09. The normalized spacial score (nSPS) is 12.2. The summed E-state index contributed by atoms with van der Waals surface area (Å²) in [5, 5.41) is 0. The molecule has 2 nitrogen and oxygen atoms in total. The second-order valence-electron chi connectivity index (χ2n) is 5.00. The van der Waals surface area contributed by atoms with Crippen molar-refractivity contribution in [2.75, 3.05) is 18.5 Å². The zero-order valence-electron chi connectivity index (χ0n) is 11.7. The first-order valence-corrected chi connectivity index (χ1v) is 6.78. The third-order valence-corrected chi connectivity index (χ3v) is 3.42. The molecule has 1 atom stereocenters. The molecule has 0 amide bonds. The van der Waals surface area contributed by atoms with Gasteiger partial charge in [-0.2, -0.15) is 0 Å². The Morgan fingerprint density at radius 3 is 2.32 bits per heavy atom. The molecule has 19 heavy (non-hydrogen) atoms. The van der Waals surface area contributed by atoms with Crippen LogP contribution in [0.4, 0.5) is 5.69 Å². The highest BCUT2D eigenvalue weighted by molar-refractivity contribution is 5.54. The molecule has 0 aromatic heterocycles. The van der Waals surface area contributed by atoms with Crippen LogP contribution in [0.5, 0.6) is 0 Å². The molecule has 0 aliphatic heterocycles. The van der Waals surface area contributed by atoms with Crippen molar-refractivity contribution in [2.45, 2.75) is 19.4 Å². The molecule has 0 spiro atoms. The lowest BCUT2D eigenvalue weighted by Crippen LogP contribution is -2.23. The van der Waals surface area contributed by atoms with Crippen molar-refractivity contribution in [3.63, 3.8) is 0 Å². The highest BCUT2D eigenvalue weighted by atomic mass is 15.1. The van der Waals surface area contributed by atoms with Crippen molar-refractivity contribution in [3.8, 4) is 0 Å². The topological polar surface area (TPSA) is 29.3 Å². The lowest BCUT2D eigenvalue weighted by atomic mass is 10.1. The summed E-state index contributed by atoms with van der Waals surface area (Å²) in [6.45, 7) is 3.03. The van der Waals surface area contributed by atoms with Gasteiger partial charge in [-0.05, 0) is 30.5 Å².